The van der Waals surface area contributed by atoms with Gasteiger partial charge in [-0.1, -0.05) is 19.9 Å². The van der Waals surface area contributed by atoms with E-state index in [0.29, 0.717) is 5.88 Å². The van der Waals surface area contributed by atoms with Crippen molar-refractivity contribution in [1.29, 1.82) is 0 Å². The minimum atomic E-state index is 0.204. The fourth-order valence-electron chi connectivity index (χ4n) is 0.658. The van der Waals surface area contributed by atoms with Crippen LogP contribution in [0.3, 0.4) is 0 Å². The third-order valence-corrected chi connectivity index (χ3v) is 0.994. The summed E-state index contributed by atoms with van der Waals surface area (Å²) in [7, 11) is 0. The molecule has 1 aromatic heterocycles. The molecule has 0 amide bonds. The van der Waals surface area contributed by atoms with E-state index in [0.717, 1.165) is 0 Å². The maximum Gasteiger partial charge on any atom is 0.213 e. The highest BCUT2D eigenvalue weighted by Crippen LogP contribution is 2.04. The zero-order chi connectivity index (χ0) is 9.40. The number of hydrogen-bond acceptors (Lipinski definition) is 2. The lowest BCUT2D eigenvalue weighted by atomic mass is 10.4. The molecule has 0 radical (unpaired) electrons. The zero-order valence-corrected chi connectivity index (χ0v) is 8.24. The second-order valence-corrected chi connectivity index (χ2v) is 2.33. The zero-order valence-electron chi connectivity index (χ0n) is 8.24. The van der Waals surface area contributed by atoms with Gasteiger partial charge in [0.2, 0.25) is 5.88 Å². The van der Waals surface area contributed by atoms with E-state index in [1.165, 1.54) is 0 Å². The van der Waals surface area contributed by atoms with Crippen molar-refractivity contribution in [3.05, 3.63) is 24.4 Å². The Morgan fingerprint density at radius 1 is 1.25 bits per heavy atom. The summed E-state index contributed by atoms with van der Waals surface area (Å²) in [5, 5.41) is 0. The number of pyridine rings is 1. The van der Waals surface area contributed by atoms with Crippen LogP contribution in [-0.2, 0) is 0 Å². The third-order valence-electron chi connectivity index (χ3n) is 0.994. The molecule has 0 saturated carbocycles. The molecule has 0 aliphatic heterocycles. The first kappa shape index (κ1) is 11.0. The van der Waals surface area contributed by atoms with Gasteiger partial charge in [-0.2, -0.15) is 0 Å². The van der Waals surface area contributed by atoms with E-state index in [1.54, 1.807) is 6.20 Å². The summed E-state index contributed by atoms with van der Waals surface area (Å²) in [6.07, 6.45) is 1.92. The Morgan fingerprint density at radius 2 is 1.92 bits per heavy atom. The molecule has 0 aliphatic rings. The lowest BCUT2D eigenvalue weighted by Crippen LogP contribution is -2.06. The highest BCUT2D eigenvalue weighted by Gasteiger charge is 1.94. The van der Waals surface area contributed by atoms with E-state index < -0.39 is 0 Å². The summed E-state index contributed by atoms with van der Waals surface area (Å²) >= 11 is 0. The summed E-state index contributed by atoms with van der Waals surface area (Å²) in [4.78, 5) is 4.00. The first-order valence-electron chi connectivity index (χ1n) is 4.37. The number of nitrogens with zero attached hydrogens (tertiary/aromatic N) is 1. The van der Waals surface area contributed by atoms with Crippen molar-refractivity contribution in [3.8, 4) is 5.88 Å². The summed E-state index contributed by atoms with van der Waals surface area (Å²) in [5.74, 6) is 0.692. The standard InChI is InChI=1S/C8H11NO.C2H6/c1-7(2)10-8-5-3-4-6-9-8;1-2/h3-7H,1-2H3;1-2H3. The van der Waals surface area contributed by atoms with Crippen LogP contribution in [0, 0.1) is 0 Å². The number of aromatic nitrogens is 1. The van der Waals surface area contributed by atoms with Gasteiger partial charge in [0.05, 0.1) is 6.10 Å². The Bertz CT molecular complexity index is 184. The molecule has 0 spiro atoms. The molecule has 2 nitrogen and oxygen atoms in total. The number of rotatable bonds is 2. The highest BCUT2D eigenvalue weighted by atomic mass is 16.5. The quantitative estimate of drug-likeness (QED) is 0.675. The first-order chi connectivity index (χ1) is 5.79. The molecule has 0 N–H and O–H groups in total. The van der Waals surface area contributed by atoms with Crippen LogP contribution >= 0.6 is 0 Å². The minimum Gasteiger partial charge on any atom is -0.475 e. The van der Waals surface area contributed by atoms with Crippen molar-refractivity contribution in [3.63, 3.8) is 0 Å². The fourth-order valence-corrected chi connectivity index (χ4v) is 0.658. The van der Waals surface area contributed by atoms with Crippen LogP contribution in [0.15, 0.2) is 24.4 Å². The topological polar surface area (TPSA) is 22.1 Å². The van der Waals surface area contributed by atoms with E-state index >= 15 is 0 Å². The molecule has 0 bridgehead atoms. The van der Waals surface area contributed by atoms with E-state index in [4.69, 9.17) is 4.74 Å². The lowest BCUT2D eigenvalue weighted by Gasteiger charge is -2.06. The van der Waals surface area contributed by atoms with Crippen molar-refractivity contribution in [2.24, 2.45) is 0 Å². The Morgan fingerprint density at radius 3 is 2.33 bits per heavy atom. The van der Waals surface area contributed by atoms with Crippen LogP contribution in [0.4, 0.5) is 0 Å². The molecule has 0 atom stereocenters. The average molecular weight is 167 g/mol. The van der Waals surface area contributed by atoms with Crippen LogP contribution < -0.4 is 4.74 Å². The summed E-state index contributed by atoms with van der Waals surface area (Å²) < 4.78 is 5.30. The molecule has 12 heavy (non-hydrogen) atoms. The molecular weight excluding hydrogens is 150 g/mol. The number of ether oxygens (including phenoxy) is 1. The molecule has 0 aliphatic carbocycles. The second kappa shape index (κ2) is 6.65. The van der Waals surface area contributed by atoms with Gasteiger partial charge in [-0.25, -0.2) is 4.98 Å². The lowest BCUT2D eigenvalue weighted by molar-refractivity contribution is 0.232. The highest BCUT2D eigenvalue weighted by molar-refractivity contribution is 5.09. The molecule has 2 heteroatoms. The summed E-state index contributed by atoms with van der Waals surface area (Å²) in [6.45, 7) is 7.96. The molecule has 0 fully saturated rings. The Kier molecular flexibility index (Phi) is 6.07. The second-order valence-electron chi connectivity index (χ2n) is 2.33. The molecular formula is C10H17NO. The van der Waals surface area contributed by atoms with E-state index in [2.05, 4.69) is 4.98 Å². The SMILES string of the molecule is CC.CC(C)Oc1ccccn1. The largest absolute Gasteiger partial charge is 0.475 e. The predicted octanol–water partition coefficient (Wildman–Crippen LogP) is 2.90. The van der Waals surface area contributed by atoms with Gasteiger partial charge in [0.25, 0.3) is 0 Å². The molecule has 1 heterocycles. The van der Waals surface area contributed by atoms with Crippen molar-refractivity contribution >= 4 is 0 Å². The minimum absolute atomic E-state index is 0.204. The normalized spacial score (nSPS) is 8.75. The molecule has 68 valence electrons. The van der Waals surface area contributed by atoms with Crippen LogP contribution in [-0.4, -0.2) is 11.1 Å². The maximum absolute atomic E-state index is 5.30. The third kappa shape index (κ3) is 4.72. The molecule has 0 saturated heterocycles. The van der Waals surface area contributed by atoms with Gasteiger partial charge in [0.15, 0.2) is 0 Å². The molecule has 1 rings (SSSR count). The van der Waals surface area contributed by atoms with E-state index in [9.17, 15) is 0 Å². The van der Waals surface area contributed by atoms with Gasteiger partial charge in [0.1, 0.15) is 0 Å². The molecule has 0 aromatic carbocycles. The van der Waals surface area contributed by atoms with Crippen molar-refractivity contribution < 1.29 is 4.74 Å². The van der Waals surface area contributed by atoms with Gasteiger partial charge in [0, 0.05) is 12.3 Å². The summed E-state index contributed by atoms with van der Waals surface area (Å²) in [5.41, 5.74) is 0. The Balaban J connectivity index is 0.000000561. The van der Waals surface area contributed by atoms with Gasteiger partial charge >= 0.3 is 0 Å². The Labute approximate surface area is 74.6 Å². The smallest absolute Gasteiger partial charge is 0.213 e. The van der Waals surface area contributed by atoms with Crippen molar-refractivity contribution in [2.75, 3.05) is 0 Å². The van der Waals surface area contributed by atoms with Crippen molar-refractivity contribution in [2.45, 2.75) is 33.8 Å². The predicted molar refractivity (Wildman–Crippen MR) is 51.3 cm³/mol. The van der Waals surface area contributed by atoms with Crippen LogP contribution in [0.5, 0.6) is 5.88 Å². The van der Waals surface area contributed by atoms with E-state index in [1.807, 2.05) is 45.9 Å². The first-order valence-corrected chi connectivity index (χ1v) is 4.37. The monoisotopic (exact) mass is 167 g/mol. The van der Waals surface area contributed by atoms with E-state index in [-0.39, 0.29) is 6.10 Å². The van der Waals surface area contributed by atoms with Crippen LogP contribution in [0.1, 0.15) is 27.7 Å². The van der Waals surface area contributed by atoms with Gasteiger partial charge in [-0.3, -0.25) is 0 Å². The fraction of sp³-hybridized carbons (Fsp3) is 0.500. The molecule has 1 aromatic rings. The Hall–Kier alpha value is -1.05. The molecule has 0 unspecified atom stereocenters. The summed E-state index contributed by atoms with van der Waals surface area (Å²) in [6, 6.07) is 5.62. The van der Waals surface area contributed by atoms with Gasteiger partial charge in [-0.05, 0) is 19.9 Å². The van der Waals surface area contributed by atoms with Crippen molar-refractivity contribution in [1.82, 2.24) is 4.98 Å². The number of hydrogen-bond donors (Lipinski definition) is 0. The van der Waals surface area contributed by atoms with Gasteiger partial charge in [-0.15, -0.1) is 0 Å². The van der Waals surface area contributed by atoms with Gasteiger partial charge < -0.3 is 4.74 Å². The maximum atomic E-state index is 5.30. The van der Waals surface area contributed by atoms with Crippen LogP contribution in [0.25, 0.3) is 0 Å². The average Bonchev–Trinajstić information content (AvgIpc) is 2.08. The van der Waals surface area contributed by atoms with Crippen LogP contribution in [0.2, 0.25) is 0 Å².